The lowest BCUT2D eigenvalue weighted by Crippen LogP contribution is -2.24. The van der Waals surface area contributed by atoms with Gasteiger partial charge in [-0.3, -0.25) is 0 Å². The van der Waals surface area contributed by atoms with Crippen LogP contribution in [0.25, 0.3) is 0 Å². The Morgan fingerprint density at radius 3 is 3.00 bits per heavy atom. The summed E-state index contributed by atoms with van der Waals surface area (Å²) in [6.45, 7) is 0.655. The molecule has 1 aliphatic carbocycles. The molecule has 1 aromatic carbocycles. The number of aromatic nitrogens is 2. The summed E-state index contributed by atoms with van der Waals surface area (Å²) in [5.74, 6) is 3.20. The van der Waals surface area contributed by atoms with Crippen molar-refractivity contribution in [3.05, 3.63) is 35.5 Å². The minimum Gasteiger partial charge on any atom is -0.493 e. The average Bonchev–Trinajstić information content (AvgIpc) is 3.37. The van der Waals surface area contributed by atoms with Gasteiger partial charge in [-0.2, -0.15) is 4.98 Å². The lowest BCUT2D eigenvalue weighted by molar-refractivity contribution is 0.210. The third-order valence-electron chi connectivity index (χ3n) is 4.48. The van der Waals surface area contributed by atoms with Gasteiger partial charge < -0.3 is 20.5 Å². The fourth-order valence-electron chi connectivity index (χ4n) is 3.18. The lowest BCUT2D eigenvalue weighted by Gasteiger charge is -2.26. The van der Waals surface area contributed by atoms with E-state index < -0.39 is 0 Å². The van der Waals surface area contributed by atoms with Crippen LogP contribution in [-0.4, -0.2) is 29.7 Å². The molecule has 1 aromatic heterocycles. The number of nitrogens with zero attached hydrogens (tertiary/aromatic N) is 2. The number of fused-ring (bicyclic) bond motifs is 1. The topological polar surface area (TPSA) is 82.3 Å². The van der Waals surface area contributed by atoms with Crippen molar-refractivity contribution in [2.45, 2.75) is 31.7 Å². The molecular formula is C18H22N4O2. The standard InChI is InChI=1S/C18H22N4O2/c1-23-15-4-2-3-12-7-11(10-24-17(12)15)8-14-9-16(20-13-5-6-13)22-18(19)21-14/h2-4,9,11,13H,5-8,10H2,1H3,(H3,19,20,21,22). The quantitative estimate of drug-likeness (QED) is 0.878. The third kappa shape index (κ3) is 3.22. The van der Waals surface area contributed by atoms with Crippen LogP contribution in [0.3, 0.4) is 0 Å². The summed E-state index contributed by atoms with van der Waals surface area (Å²) in [6, 6.07) is 8.59. The molecule has 0 saturated heterocycles. The van der Waals surface area contributed by atoms with E-state index in [0.29, 0.717) is 24.5 Å². The number of nitrogens with one attached hydrogen (secondary N) is 1. The summed E-state index contributed by atoms with van der Waals surface area (Å²) < 4.78 is 11.3. The normalized spacial score (nSPS) is 19.3. The van der Waals surface area contributed by atoms with E-state index >= 15 is 0 Å². The van der Waals surface area contributed by atoms with Crippen LogP contribution in [0.4, 0.5) is 11.8 Å². The van der Waals surface area contributed by atoms with Crippen LogP contribution in [0.5, 0.6) is 11.5 Å². The lowest BCUT2D eigenvalue weighted by atomic mass is 9.92. The van der Waals surface area contributed by atoms with Crippen LogP contribution in [0.2, 0.25) is 0 Å². The number of anilines is 2. The van der Waals surface area contributed by atoms with Gasteiger partial charge in [0.1, 0.15) is 5.82 Å². The smallest absolute Gasteiger partial charge is 0.222 e. The number of methoxy groups -OCH3 is 1. The van der Waals surface area contributed by atoms with Crippen molar-refractivity contribution >= 4 is 11.8 Å². The van der Waals surface area contributed by atoms with Gasteiger partial charge in [-0.25, -0.2) is 4.98 Å². The van der Waals surface area contributed by atoms with E-state index in [4.69, 9.17) is 15.2 Å². The summed E-state index contributed by atoms with van der Waals surface area (Å²) in [4.78, 5) is 8.67. The van der Waals surface area contributed by atoms with Gasteiger partial charge in [0.2, 0.25) is 5.95 Å². The van der Waals surface area contributed by atoms with Gasteiger partial charge in [-0.1, -0.05) is 12.1 Å². The monoisotopic (exact) mass is 326 g/mol. The second-order valence-electron chi connectivity index (χ2n) is 6.56. The zero-order valence-electron chi connectivity index (χ0n) is 13.8. The molecule has 2 aliphatic rings. The van der Waals surface area contributed by atoms with Gasteiger partial charge in [0.25, 0.3) is 0 Å². The molecule has 1 aliphatic heterocycles. The van der Waals surface area contributed by atoms with Crippen LogP contribution in [-0.2, 0) is 12.8 Å². The Kier molecular flexibility index (Phi) is 3.88. The Morgan fingerprint density at radius 1 is 1.33 bits per heavy atom. The number of hydrogen-bond donors (Lipinski definition) is 2. The van der Waals surface area contributed by atoms with Crippen molar-refractivity contribution in [1.82, 2.24) is 9.97 Å². The predicted molar refractivity (Wildman–Crippen MR) is 92.5 cm³/mol. The highest BCUT2D eigenvalue weighted by Crippen LogP contribution is 2.36. The summed E-state index contributed by atoms with van der Waals surface area (Å²) in [5, 5.41) is 3.39. The zero-order valence-corrected chi connectivity index (χ0v) is 13.8. The minimum absolute atomic E-state index is 0.328. The highest BCUT2D eigenvalue weighted by atomic mass is 16.5. The van der Waals surface area contributed by atoms with Gasteiger partial charge in [-0.15, -0.1) is 0 Å². The van der Waals surface area contributed by atoms with Crippen molar-refractivity contribution in [3.8, 4) is 11.5 Å². The molecule has 6 heteroatoms. The number of rotatable bonds is 5. The second kappa shape index (κ2) is 6.19. The highest BCUT2D eigenvalue weighted by Gasteiger charge is 2.25. The number of nitrogens with two attached hydrogens (primary N) is 1. The van der Waals surface area contributed by atoms with E-state index in [1.165, 1.54) is 18.4 Å². The Hall–Kier alpha value is -2.50. The molecule has 6 nitrogen and oxygen atoms in total. The van der Waals surface area contributed by atoms with E-state index in [0.717, 1.165) is 35.9 Å². The van der Waals surface area contributed by atoms with Gasteiger partial charge in [-0.05, 0) is 37.3 Å². The molecule has 0 radical (unpaired) electrons. The Morgan fingerprint density at radius 2 is 2.21 bits per heavy atom. The van der Waals surface area contributed by atoms with E-state index in [1.807, 2.05) is 18.2 Å². The molecule has 2 heterocycles. The first-order chi connectivity index (χ1) is 11.7. The van der Waals surface area contributed by atoms with Crippen molar-refractivity contribution in [3.63, 3.8) is 0 Å². The molecule has 0 spiro atoms. The van der Waals surface area contributed by atoms with Crippen molar-refractivity contribution in [1.29, 1.82) is 0 Å². The van der Waals surface area contributed by atoms with Crippen LogP contribution < -0.4 is 20.5 Å². The minimum atomic E-state index is 0.328. The summed E-state index contributed by atoms with van der Waals surface area (Å²) in [7, 11) is 1.67. The maximum atomic E-state index is 5.95. The third-order valence-corrected chi connectivity index (χ3v) is 4.48. The number of benzene rings is 1. The number of para-hydroxylation sites is 1. The Balaban J connectivity index is 1.48. The molecular weight excluding hydrogens is 304 g/mol. The van der Waals surface area contributed by atoms with Gasteiger partial charge in [0.05, 0.1) is 13.7 Å². The largest absolute Gasteiger partial charge is 0.493 e. The van der Waals surface area contributed by atoms with Crippen LogP contribution in [0.1, 0.15) is 24.1 Å². The van der Waals surface area contributed by atoms with Crippen molar-refractivity contribution < 1.29 is 9.47 Å². The van der Waals surface area contributed by atoms with Gasteiger partial charge in [0.15, 0.2) is 11.5 Å². The molecule has 24 heavy (non-hydrogen) atoms. The van der Waals surface area contributed by atoms with E-state index in [1.54, 1.807) is 7.11 Å². The zero-order chi connectivity index (χ0) is 16.5. The van der Waals surface area contributed by atoms with E-state index in [9.17, 15) is 0 Å². The number of nitrogen functional groups attached to an aromatic ring is 1. The summed E-state index contributed by atoms with van der Waals surface area (Å²) >= 11 is 0. The van der Waals surface area contributed by atoms with Crippen molar-refractivity contribution in [2.75, 3.05) is 24.8 Å². The molecule has 2 aromatic rings. The SMILES string of the molecule is COc1cccc2c1OCC(Cc1cc(NC3CC3)nc(N)n1)C2. The first-order valence-electron chi connectivity index (χ1n) is 8.40. The summed E-state index contributed by atoms with van der Waals surface area (Å²) in [6.07, 6.45) is 4.17. The Bertz CT molecular complexity index is 746. The summed E-state index contributed by atoms with van der Waals surface area (Å²) in [5.41, 5.74) is 8.01. The van der Waals surface area contributed by atoms with Crippen molar-refractivity contribution in [2.24, 2.45) is 5.92 Å². The Labute approximate surface area is 141 Å². The van der Waals surface area contributed by atoms with Gasteiger partial charge in [0, 0.05) is 23.7 Å². The molecule has 0 amide bonds. The molecule has 4 rings (SSSR count). The molecule has 1 unspecified atom stereocenters. The molecule has 3 N–H and O–H groups in total. The van der Waals surface area contributed by atoms with Crippen LogP contribution in [0.15, 0.2) is 24.3 Å². The number of hydrogen-bond acceptors (Lipinski definition) is 6. The molecule has 126 valence electrons. The first-order valence-corrected chi connectivity index (χ1v) is 8.40. The number of ether oxygens (including phenoxy) is 2. The fraction of sp³-hybridized carbons (Fsp3) is 0.444. The predicted octanol–water partition coefficient (Wildman–Crippen LogP) is 2.44. The first kappa shape index (κ1) is 15.1. The maximum Gasteiger partial charge on any atom is 0.222 e. The maximum absolute atomic E-state index is 5.95. The fourth-order valence-corrected chi connectivity index (χ4v) is 3.18. The van der Waals surface area contributed by atoms with E-state index in [-0.39, 0.29) is 0 Å². The molecule has 1 fully saturated rings. The van der Waals surface area contributed by atoms with Crippen LogP contribution in [0, 0.1) is 5.92 Å². The molecule has 1 atom stereocenters. The highest BCUT2D eigenvalue weighted by molar-refractivity contribution is 5.48. The van der Waals surface area contributed by atoms with Gasteiger partial charge >= 0.3 is 0 Å². The molecule has 0 bridgehead atoms. The second-order valence-corrected chi connectivity index (χ2v) is 6.56. The van der Waals surface area contributed by atoms with Crippen LogP contribution >= 0.6 is 0 Å². The average molecular weight is 326 g/mol. The molecule has 1 saturated carbocycles. The van der Waals surface area contributed by atoms with E-state index in [2.05, 4.69) is 21.4 Å².